The highest BCUT2D eigenvalue weighted by atomic mass is 35.5. The summed E-state index contributed by atoms with van der Waals surface area (Å²) in [7, 11) is 0. The zero-order valence-corrected chi connectivity index (χ0v) is 12.4. The summed E-state index contributed by atoms with van der Waals surface area (Å²) in [6, 6.07) is 12.8. The number of halogens is 1. The number of nitrogens with one attached hydrogen (secondary N) is 1. The van der Waals surface area contributed by atoms with Gasteiger partial charge in [0, 0.05) is 10.4 Å². The average molecular weight is 311 g/mol. The van der Waals surface area contributed by atoms with Crippen molar-refractivity contribution in [1.29, 1.82) is 0 Å². The van der Waals surface area contributed by atoms with Gasteiger partial charge in [0.25, 0.3) is 0 Å². The molecule has 0 saturated heterocycles. The molecule has 2 aromatic carbocycles. The van der Waals surface area contributed by atoms with Crippen LogP contribution in [0.25, 0.3) is 33.4 Å². The average Bonchev–Trinajstić information content (AvgIpc) is 2.89. The number of hydrogen-bond donors (Lipinski definition) is 1. The normalized spacial score (nSPS) is 11.4. The minimum absolute atomic E-state index is 0.392. The molecule has 0 aliphatic carbocycles. The highest BCUT2D eigenvalue weighted by Gasteiger charge is 2.12. The van der Waals surface area contributed by atoms with Crippen LogP contribution in [-0.4, -0.2) is 9.97 Å². The monoisotopic (exact) mass is 310 g/mol. The Morgan fingerprint density at radius 1 is 1.14 bits per heavy atom. The van der Waals surface area contributed by atoms with Gasteiger partial charge in [0.15, 0.2) is 0 Å². The van der Waals surface area contributed by atoms with Crippen LogP contribution in [0.2, 0.25) is 5.02 Å². The molecule has 1 N–H and O–H groups in total. The van der Waals surface area contributed by atoms with E-state index in [1.807, 2.05) is 25.1 Å². The Hall–Kier alpha value is -2.59. The molecule has 108 valence electrons. The molecule has 2 aromatic heterocycles. The Balaban J connectivity index is 1.98. The molecule has 0 aliphatic heterocycles. The predicted molar refractivity (Wildman–Crippen MR) is 87.3 cm³/mol. The fourth-order valence-corrected chi connectivity index (χ4v) is 2.69. The van der Waals surface area contributed by atoms with Gasteiger partial charge in [0.2, 0.25) is 0 Å². The van der Waals surface area contributed by atoms with Crippen LogP contribution in [-0.2, 0) is 0 Å². The smallest absolute Gasteiger partial charge is 0.347 e. The Morgan fingerprint density at radius 2 is 2.00 bits per heavy atom. The van der Waals surface area contributed by atoms with Gasteiger partial charge in [-0.05, 0) is 48.9 Å². The number of H-pyrrole nitrogens is 1. The summed E-state index contributed by atoms with van der Waals surface area (Å²) in [5, 5.41) is 1.35. The Morgan fingerprint density at radius 3 is 2.86 bits per heavy atom. The van der Waals surface area contributed by atoms with Crippen molar-refractivity contribution in [3.05, 3.63) is 63.5 Å². The fourth-order valence-electron chi connectivity index (χ4n) is 2.51. The van der Waals surface area contributed by atoms with Gasteiger partial charge in [-0.1, -0.05) is 17.7 Å². The summed E-state index contributed by atoms with van der Waals surface area (Å²) in [6.07, 6.45) is 0. The Kier molecular flexibility index (Phi) is 2.81. The van der Waals surface area contributed by atoms with E-state index in [0.29, 0.717) is 22.0 Å². The van der Waals surface area contributed by atoms with Crippen LogP contribution < -0.4 is 5.63 Å². The van der Waals surface area contributed by atoms with Crippen molar-refractivity contribution in [2.75, 3.05) is 0 Å². The lowest BCUT2D eigenvalue weighted by Crippen LogP contribution is -2.03. The van der Waals surface area contributed by atoms with Crippen molar-refractivity contribution in [1.82, 2.24) is 9.97 Å². The van der Waals surface area contributed by atoms with Gasteiger partial charge in [-0.15, -0.1) is 0 Å². The number of rotatable bonds is 1. The predicted octanol–water partition coefficient (Wildman–Crippen LogP) is 4.30. The van der Waals surface area contributed by atoms with Crippen molar-refractivity contribution < 1.29 is 4.42 Å². The van der Waals surface area contributed by atoms with E-state index in [4.69, 9.17) is 16.0 Å². The number of fused-ring (bicyclic) bond motifs is 2. The van der Waals surface area contributed by atoms with E-state index in [1.54, 1.807) is 24.3 Å². The lowest BCUT2D eigenvalue weighted by Gasteiger charge is -2.00. The van der Waals surface area contributed by atoms with Crippen molar-refractivity contribution >= 4 is 33.6 Å². The summed E-state index contributed by atoms with van der Waals surface area (Å²) in [6.45, 7) is 2.01. The molecule has 0 fully saturated rings. The van der Waals surface area contributed by atoms with Crippen LogP contribution in [0.1, 0.15) is 5.56 Å². The first-order chi connectivity index (χ1) is 10.6. The van der Waals surface area contributed by atoms with E-state index in [0.717, 1.165) is 22.0 Å². The molecule has 4 rings (SSSR count). The van der Waals surface area contributed by atoms with E-state index >= 15 is 0 Å². The number of aromatic amines is 1. The topological polar surface area (TPSA) is 58.9 Å². The van der Waals surface area contributed by atoms with Gasteiger partial charge in [0.05, 0.1) is 11.0 Å². The van der Waals surface area contributed by atoms with Crippen molar-refractivity contribution in [2.24, 2.45) is 0 Å². The second-order valence-electron chi connectivity index (χ2n) is 5.24. The van der Waals surface area contributed by atoms with Gasteiger partial charge in [-0.3, -0.25) is 0 Å². The quantitative estimate of drug-likeness (QED) is 0.533. The van der Waals surface area contributed by atoms with Gasteiger partial charge in [-0.2, -0.15) is 0 Å². The third-order valence-corrected chi connectivity index (χ3v) is 3.82. The van der Waals surface area contributed by atoms with Crippen LogP contribution in [0.4, 0.5) is 0 Å². The highest BCUT2D eigenvalue weighted by molar-refractivity contribution is 6.31. The number of aryl methyl sites for hydroxylation is 1. The lowest BCUT2D eigenvalue weighted by atomic mass is 10.2. The fraction of sp³-hybridized carbons (Fsp3) is 0.0588. The van der Waals surface area contributed by atoms with Gasteiger partial charge >= 0.3 is 5.63 Å². The number of imidazole rings is 1. The van der Waals surface area contributed by atoms with Crippen LogP contribution in [0.15, 0.2) is 51.7 Å². The number of hydrogen-bond acceptors (Lipinski definition) is 3. The standard InChI is InChI=1S/C17H11ClN2O2/c1-9-2-4-13-14(6-9)20-16(19-13)12-8-10-7-11(18)3-5-15(10)22-17(12)21/h2-8H,1H3,(H,19,20). The molecule has 4 nitrogen and oxygen atoms in total. The maximum absolute atomic E-state index is 12.2. The zero-order chi connectivity index (χ0) is 15.3. The summed E-state index contributed by atoms with van der Waals surface area (Å²) < 4.78 is 5.35. The largest absolute Gasteiger partial charge is 0.422 e. The molecule has 0 amide bonds. The van der Waals surface area contributed by atoms with E-state index in [9.17, 15) is 4.79 Å². The first-order valence-corrected chi connectivity index (χ1v) is 7.18. The summed E-state index contributed by atoms with van der Waals surface area (Å²) in [4.78, 5) is 19.8. The van der Waals surface area contributed by atoms with E-state index < -0.39 is 5.63 Å². The second kappa shape index (κ2) is 4.71. The third-order valence-electron chi connectivity index (χ3n) is 3.59. The van der Waals surface area contributed by atoms with E-state index in [1.165, 1.54) is 0 Å². The van der Waals surface area contributed by atoms with E-state index in [2.05, 4.69) is 9.97 Å². The molecule has 0 aliphatic rings. The van der Waals surface area contributed by atoms with E-state index in [-0.39, 0.29) is 0 Å². The molecule has 0 spiro atoms. The highest BCUT2D eigenvalue weighted by Crippen LogP contribution is 2.24. The first kappa shape index (κ1) is 13.1. The van der Waals surface area contributed by atoms with Gasteiger partial charge in [-0.25, -0.2) is 9.78 Å². The lowest BCUT2D eigenvalue weighted by molar-refractivity contribution is 0.563. The van der Waals surface area contributed by atoms with Crippen molar-refractivity contribution in [3.8, 4) is 11.4 Å². The maximum atomic E-state index is 12.2. The zero-order valence-electron chi connectivity index (χ0n) is 11.7. The summed E-state index contributed by atoms with van der Waals surface area (Å²) >= 11 is 6.00. The second-order valence-corrected chi connectivity index (χ2v) is 5.67. The molecule has 0 bridgehead atoms. The molecule has 22 heavy (non-hydrogen) atoms. The molecule has 0 atom stereocenters. The SMILES string of the molecule is Cc1ccc2nc(-c3cc4cc(Cl)ccc4oc3=O)[nH]c2c1. The number of aromatic nitrogens is 2. The van der Waals surface area contributed by atoms with Crippen LogP contribution >= 0.6 is 11.6 Å². The summed E-state index contributed by atoms with van der Waals surface area (Å²) in [5.41, 5.74) is 3.30. The molecule has 0 unspecified atom stereocenters. The molecular formula is C17H11ClN2O2. The molecule has 2 heterocycles. The van der Waals surface area contributed by atoms with Gasteiger partial charge in [0.1, 0.15) is 17.0 Å². The molecule has 4 aromatic rings. The van der Waals surface area contributed by atoms with Crippen LogP contribution in [0.5, 0.6) is 0 Å². The molecule has 5 heteroatoms. The summed E-state index contributed by atoms with van der Waals surface area (Å²) in [5.74, 6) is 0.497. The van der Waals surface area contributed by atoms with Gasteiger partial charge < -0.3 is 9.40 Å². The molecule has 0 saturated carbocycles. The maximum Gasteiger partial charge on any atom is 0.347 e. The van der Waals surface area contributed by atoms with Crippen LogP contribution in [0, 0.1) is 6.92 Å². The molecule has 0 radical (unpaired) electrons. The number of nitrogens with zero attached hydrogens (tertiary/aromatic N) is 1. The Bertz CT molecular complexity index is 1080. The van der Waals surface area contributed by atoms with Crippen molar-refractivity contribution in [2.45, 2.75) is 6.92 Å². The molecular weight excluding hydrogens is 300 g/mol. The minimum atomic E-state index is -0.425. The minimum Gasteiger partial charge on any atom is -0.422 e. The third kappa shape index (κ3) is 2.09. The first-order valence-electron chi connectivity index (χ1n) is 6.80. The van der Waals surface area contributed by atoms with Crippen molar-refractivity contribution in [3.63, 3.8) is 0 Å². The van der Waals surface area contributed by atoms with Crippen LogP contribution in [0.3, 0.4) is 0 Å². The Labute approximate surface area is 130 Å². The number of benzene rings is 2.